The third-order valence-electron chi connectivity index (χ3n) is 4.85. The van der Waals surface area contributed by atoms with Gasteiger partial charge in [0.1, 0.15) is 5.76 Å². The molecule has 0 radical (unpaired) electrons. The van der Waals surface area contributed by atoms with E-state index in [1.165, 1.54) is 0 Å². The zero-order valence-corrected chi connectivity index (χ0v) is 12.3. The molecular weight excluding hydrogens is 272 g/mol. The van der Waals surface area contributed by atoms with Crippen LogP contribution in [0.3, 0.4) is 0 Å². The second kappa shape index (κ2) is 4.86. The van der Waals surface area contributed by atoms with Crippen molar-refractivity contribution >= 4 is 11.9 Å². The van der Waals surface area contributed by atoms with E-state index in [-0.39, 0.29) is 18.4 Å². The highest BCUT2D eigenvalue weighted by Crippen LogP contribution is 2.41. The number of carboxylic acids is 1. The van der Waals surface area contributed by atoms with Gasteiger partial charge in [-0.2, -0.15) is 0 Å². The van der Waals surface area contributed by atoms with Crippen LogP contribution in [0.1, 0.15) is 55.3 Å². The predicted molar refractivity (Wildman–Crippen MR) is 73.9 cm³/mol. The highest BCUT2D eigenvalue weighted by Gasteiger charge is 2.48. The molecule has 0 bridgehead atoms. The van der Waals surface area contributed by atoms with Gasteiger partial charge in [-0.1, -0.05) is 19.0 Å². The minimum Gasteiger partial charge on any atom is -0.481 e. The van der Waals surface area contributed by atoms with Gasteiger partial charge in [-0.15, -0.1) is 0 Å². The Bertz CT molecular complexity index is 576. The van der Waals surface area contributed by atoms with Gasteiger partial charge in [0.25, 0.3) is 5.91 Å². The third kappa shape index (κ3) is 2.32. The van der Waals surface area contributed by atoms with Crippen LogP contribution in [0.15, 0.2) is 10.6 Å². The zero-order valence-electron chi connectivity index (χ0n) is 12.3. The molecule has 1 saturated heterocycles. The number of aromatic nitrogens is 1. The first-order valence-corrected chi connectivity index (χ1v) is 7.43. The van der Waals surface area contributed by atoms with Gasteiger partial charge in [0.15, 0.2) is 5.69 Å². The number of carbonyl (C=O) groups is 2. The van der Waals surface area contributed by atoms with Crippen molar-refractivity contribution in [3.63, 3.8) is 0 Å². The fourth-order valence-electron chi connectivity index (χ4n) is 3.01. The number of aliphatic carboxylic acids is 1. The van der Waals surface area contributed by atoms with Gasteiger partial charge in [0.05, 0.1) is 5.41 Å². The lowest BCUT2D eigenvalue weighted by molar-refractivity contribution is -0.150. The molecule has 1 saturated carbocycles. The van der Waals surface area contributed by atoms with Gasteiger partial charge in [-0.25, -0.2) is 0 Å². The molecule has 1 amide bonds. The summed E-state index contributed by atoms with van der Waals surface area (Å²) >= 11 is 0. The van der Waals surface area contributed by atoms with E-state index in [0.717, 1.165) is 18.6 Å². The monoisotopic (exact) mass is 292 g/mol. The van der Waals surface area contributed by atoms with Crippen LogP contribution in [-0.4, -0.2) is 40.1 Å². The Labute approximate surface area is 123 Å². The number of hydrogen-bond acceptors (Lipinski definition) is 4. The summed E-state index contributed by atoms with van der Waals surface area (Å²) in [5, 5.41) is 13.4. The molecule has 2 fully saturated rings. The van der Waals surface area contributed by atoms with E-state index in [1.54, 1.807) is 11.0 Å². The number of carboxylic acid groups (broad SMARTS) is 1. The van der Waals surface area contributed by atoms with Gasteiger partial charge < -0.3 is 14.5 Å². The van der Waals surface area contributed by atoms with Crippen LogP contribution in [0.4, 0.5) is 0 Å². The molecule has 2 heterocycles. The Kier molecular flexibility index (Phi) is 3.26. The molecule has 6 nitrogen and oxygen atoms in total. The first kappa shape index (κ1) is 14.1. The highest BCUT2D eigenvalue weighted by atomic mass is 16.5. The highest BCUT2D eigenvalue weighted by molar-refractivity contribution is 5.93. The number of carbonyl (C=O) groups excluding carboxylic acids is 1. The average molecular weight is 292 g/mol. The lowest BCUT2D eigenvalue weighted by Crippen LogP contribution is -2.40. The summed E-state index contributed by atoms with van der Waals surface area (Å²) in [6, 6.07) is 1.70. The van der Waals surface area contributed by atoms with Crippen molar-refractivity contribution in [2.45, 2.75) is 39.0 Å². The van der Waals surface area contributed by atoms with E-state index in [1.807, 2.05) is 13.8 Å². The quantitative estimate of drug-likeness (QED) is 0.919. The predicted octanol–water partition coefficient (Wildman–Crippen LogP) is 2.12. The fourth-order valence-corrected chi connectivity index (χ4v) is 3.01. The maximum Gasteiger partial charge on any atom is 0.311 e. The van der Waals surface area contributed by atoms with Gasteiger partial charge in [0.2, 0.25) is 0 Å². The minimum absolute atomic E-state index is 0.0212. The smallest absolute Gasteiger partial charge is 0.311 e. The molecule has 1 aliphatic heterocycles. The van der Waals surface area contributed by atoms with Gasteiger partial charge in [0, 0.05) is 25.1 Å². The molecule has 21 heavy (non-hydrogen) atoms. The molecule has 3 rings (SSSR count). The Morgan fingerprint density at radius 3 is 2.71 bits per heavy atom. The molecule has 1 N–H and O–H groups in total. The normalized spacial score (nSPS) is 25.6. The lowest BCUT2D eigenvalue weighted by Gasteiger charge is -2.28. The van der Waals surface area contributed by atoms with E-state index >= 15 is 0 Å². The molecule has 0 aromatic carbocycles. The van der Waals surface area contributed by atoms with E-state index in [2.05, 4.69) is 5.16 Å². The molecule has 1 aliphatic carbocycles. The molecular formula is C15H20N2O4. The van der Waals surface area contributed by atoms with Crippen molar-refractivity contribution in [2.24, 2.45) is 11.3 Å². The van der Waals surface area contributed by atoms with Gasteiger partial charge >= 0.3 is 5.97 Å². The Morgan fingerprint density at radius 1 is 1.48 bits per heavy atom. The Balaban J connectivity index is 1.75. The SMILES string of the molecule is CC(C)C1(C(=O)O)CCN(C(=O)c2cc(C3CC3)on2)C1. The summed E-state index contributed by atoms with van der Waals surface area (Å²) in [7, 11) is 0. The topological polar surface area (TPSA) is 83.6 Å². The Morgan fingerprint density at radius 2 is 2.19 bits per heavy atom. The Hall–Kier alpha value is -1.85. The van der Waals surface area contributed by atoms with Crippen LogP contribution in [0.25, 0.3) is 0 Å². The first-order chi connectivity index (χ1) is 9.94. The van der Waals surface area contributed by atoms with Crippen molar-refractivity contribution in [3.05, 3.63) is 17.5 Å². The van der Waals surface area contributed by atoms with E-state index in [0.29, 0.717) is 24.6 Å². The summed E-state index contributed by atoms with van der Waals surface area (Å²) in [4.78, 5) is 25.6. The molecule has 2 aliphatic rings. The van der Waals surface area contributed by atoms with E-state index in [9.17, 15) is 14.7 Å². The summed E-state index contributed by atoms with van der Waals surface area (Å²) in [6.07, 6.45) is 2.66. The molecule has 6 heteroatoms. The molecule has 114 valence electrons. The fraction of sp³-hybridized carbons (Fsp3) is 0.667. The zero-order chi connectivity index (χ0) is 15.2. The van der Waals surface area contributed by atoms with Crippen molar-refractivity contribution in [3.8, 4) is 0 Å². The van der Waals surface area contributed by atoms with Crippen LogP contribution in [-0.2, 0) is 4.79 Å². The van der Waals surface area contributed by atoms with Crippen molar-refractivity contribution in [1.29, 1.82) is 0 Å². The van der Waals surface area contributed by atoms with Crippen LogP contribution < -0.4 is 0 Å². The number of amides is 1. The largest absolute Gasteiger partial charge is 0.481 e. The molecule has 1 aromatic rings. The number of rotatable bonds is 4. The molecule has 1 unspecified atom stereocenters. The lowest BCUT2D eigenvalue weighted by atomic mass is 9.76. The maximum absolute atomic E-state index is 12.4. The summed E-state index contributed by atoms with van der Waals surface area (Å²) < 4.78 is 5.20. The van der Waals surface area contributed by atoms with Crippen LogP contribution in [0.2, 0.25) is 0 Å². The summed E-state index contributed by atoms with van der Waals surface area (Å²) in [5.41, 5.74) is -0.555. The second-order valence-corrected chi connectivity index (χ2v) is 6.48. The number of hydrogen-bond donors (Lipinski definition) is 1. The van der Waals surface area contributed by atoms with Gasteiger partial charge in [-0.05, 0) is 25.2 Å². The minimum atomic E-state index is -0.848. The number of likely N-dealkylation sites (tertiary alicyclic amines) is 1. The van der Waals surface area contributed by atoms with Gasteiger partial charge in [-0.3, -0.25) is 9.59 Å². The van der Waals surface area contributed by atoms with E-state index in [4.69, 9.17) is 4.52 Å². The van der Waals surface area contributed by atoms with Crippen molar-refractivity contribution in [2.75, 3.05) is 13.1 Å². The van der Waals surface area contributed by atoms with Crippen LogP contribution in [0.5, 0.6) is 0 Å². The third-order valence-corrected chi connectivity index (χ3v) is 4.85. The van der Waals surface area contributed by atoms with Crippen molar-refractivity contribution < 1.29 is 19.2 Å². The molecule has 1 aromatic heterocycles. The maximum atomic E-state index is 12.4. The van der Waals surface area contributed by atoms with Crippen molar-refractivity contribution in [1.82, 2.24) is 10.1 Å². The van der Waals surface area contributed by atoms with Crippen LogP contribution in [0, 0.1) is 11.3 Å². The standard InChI is InChI=1S/C15H20N2O4/c1-9(2)15(14(19)20)5-6-17(8-15)13(18)11-7-12(21-16-11)10-3-4-10/h7,9-10H,3-6,8H2,1-2H3,(H,19,20). The number of nitrogens with zero attached hydrogens (tertiary/aromatic N) is 2. The summed E-state index contributed by atoms with van der Waals surface area (Å²) in [6.45, 7) is 4.48. The second-order valence-electron chi connectivity index (χ2n) is 6.48. The average Bonchev–Trinajstić information content (AvgIpc) is 3.02. The first-order valence-electron chi connectivity index (χ1n) is 7.43. The van der Waals surface area contributed by atoms with E-state index < -0.39 is 11.4 Å². The van der Waals surface area contributed by atoms with Crippen LogP contribution >= 0.6 is 0 Å². The summed E-state index contributed by atoms with van der Waals surface area (Å²) in [5.74, 6) is 0.102. The molecule has 0 spiro atoms. The molecule has 1 atom stereocenters.